The molecule has 0 saturated heterocycles. The van der Waals surface area contributed by atoms with E-state index in [0.29, 0.717) is 17.4 Å². The number of hydrogen-bond donors (Lipinski definition) is 1. The number of allylic oxidation sites excluding steroid dienone is 20. The monoisotopic (exact) mass is 1110 g/mol. The van der Waals surface area contributed by atoms with Gasteiger partial charge in [0.25, 0.3) is 0 Å². The summed E-state index contributed by atoms with van der Waals surface area (Å²) in [6.45, 7) is 4.18. The lowest BCUT2D eigenvalue weighted by atomic mass is 10.0. The van der Waals surface area contributed by atoms with E-state index in [2.05, 4.69) is 135 Å². The second-order valence-electron chi connectivity index (χ2n) is 21.7. The maximum atomic E-state index is 12.8. The Labute approximate surface area is 479 Å². The Balaban J connectivity index is 4.14. The summed E-state index contributed by atoms with van der Waals surface area (Å²) in [5.41, 5.74) is 0. The molecule has 0 aromatic carbocycles. The summed E-state index contributed by atoms with van der Waals surface area (Å²) < 4.78 is 34.6. The van der Waals surface area contributed by atoms with Crippen molar-refractivity contribution >= 4 is 19.8 Å². The largest absolute Gasteiger partial charge is 0.472 e. The maximum absolute atomic E-state index is 12.8. The van der Waals surface area contributed by atoms with Crippen LogP contribution in [0, 0.1) is 0 Å². The van der Waals surface area contributed by atoms with E-state index < -0.39 is 26.5 Å². The van der Waals surface area contributed by atoms with E-state index in [1.54, 1.807) is 0 Å². The first-order valence-electron chi connectivity index (χ1n) is 31.3. The molecule has 1 N–H and O–H groups in total. The molecule has 0 radical (unpaired) electrons. The van der Waals surface area contributed by atoms with E-state index in [1.807, 2.05) is 21.1 Å². The zero-order valence-corrected chi connectivity index (χ0v) is 51.5. The van der Waals surface area contributed by atoms with Crippen LogP contribution in [0.2, 0.25) is 0 Å². The van der Waals surface area contributed by atoms with Crippen molar-refractivity contribution in [3.8, 4) is 0 Å². The number of esters is 2. The topological polar surface area (TPSA) is 108 Å². The third-order valence-electron chi connectivity index (χ3n) is 13.0. The molecule has 0 aromatic heterocycles. The number of unbranched alkanes of at least 4 members (excludes halogenated alkanes) is 22. The van der Waals surface area contributed by atoms with Crippen LogP contribution in [0.5, 0.6) is 0 Å². The molecule has 10 heteroatoms. The fourth-order valence-corrected chi connectivity index (χ4v) is 8.99. The third kappa shape index (κ3) is 61.6. The van der Waals surface area contributed by atoms with Gasteiger partial charge < -0.3 is 18.9 Å². The highest BCUT2D eigenvalue weighted by atomic mass is 31.2. The van der Waals surface area contributed by atoms with E-state index >= 15 is 0 Å². The van der Waals surface area contributed by atoms with Gasteiger partial charge >= 0.3 is 19.8 Å². The summed E-state index contributed by atoms with van der Waals surface area (Å²) in [5, 5.41) is 0. The van der Waals surface area contributed by atoms with Gasteiger partial charge in [-0.25, -0.2) is 4.57 Å². The number of nitrogens with zero attached hydrogens (tertiary/aromatic N) is 1. The molecule has 0 aliphatic rings. The van der Waals surface area contributed by atoms with E-state index in [4.69, 9.17) is 18.5 Å². The molecule has 9 nitrogen and oxygen atoms in total. The Kier molecular flexibility index (Phi) is 55.4. The lowest BCUT2D eigenvalue weighted by Crippen LogP contribution is -2.37. The van der Waals surface area contributed by atoms with Crippen LogP contribution < -0.4 is 0 Å². The fourth-order valence-electron chi connectivity index (χ4n) is 8.25. The van der Waals surface area contributed by atoms with Gasteiger partial charge in [-0.3, -0.25) is 18.6 Å². The van der Waals surface area contributed by atoms with Gasteiger partial charge in [-0.1, -0.05) is 251 Å². The molecule has 0 heterocycles. The Morgan fingerprint density at radius 1 is 0.397 bits per heavy atom. The minimum atomic E-state index is -4.40. The van der Waals surface area contributed by atoms with Gasteiger partial charge in [0.05, 0.1) is 27.7 Å². The molecule has 0 saturated carbocycles. The molecule has 0 aliphatic carbocycles. The Bertz CT molecular complexity index is 1730. The lowest BCUT2D eigenvalue weighted by Gasteiger charge is -2.24. The second kappa shape index (κ2) is 58.1. The van der Waals surface area contributed by atoms with Crippen LogP contribution in [0.3, 0.4) is 0 Å². The number of carbonyl (C=O) groups is 2. The van der Waals surface area contributed by atoms with Gasteiger partial charge in [0.1, 0.15) is 19.8 Å². The number of likely N-dealkylation sites (N-methyl/N-ethyl adjacent to an activating group) is 1. The molecule has 446 valence electrons. The summed E-state index contributed by atoms with van der Waals surface area (Å²) in [6.07, 6.45) is 82.8. The minimum absolute atomic E-state index is 0.0210. The van der Waals surface area contributed by atoms with Crippen LogP contribution in [0.1, 0.15) is 245 Å². The van der Waals surface area contributed by atoms with Gasteiger partial charge in [-0.2, -0.15) is 0 Å². The van der Waals surface area contributed by atoms with Crippen LogP contribution in [-0.2, 0) is 32.7 Å². The molecular formula is C68H117NO8P+. The highest BCUT2D eigenvalue weighted by Gasteiger charge is 2.27. The van der Waals surface area contributed by atoms with E-state index in [0.717, 1.165) is 109 Å². The first-order chi connectivity index (χ1) is 38.0. The molecule has 0 fully saturated rings. The zero-order chi connectivity index (χ0) is 57.0. The van der Waals surface area contributed by atoms with Crippen LogP contribution in [0.15, 0.2) is 122 Å². The Hall–Kier alpha value is -3.59. The van der Waals surface area contributed by atoms with Crippen molar-refractivity contribution in [1.29, 1.82) is 0 Å². The lowest BCUT2D eigenvalue weighted by molar-refractivity contribution is -0.870. The predicted octanol–water partition coefficient (Wildman–Crippen LogP) is 19.9. The van der Waals surface area contributed by atoms with Crippen molar-refractivity contribution in [2.45, 2.75) is 251 Å². The van der Waals surface area contributed by atoms with E-state index in [1.165, 1.54) is 103 Å². The molecule has 0 bridgehead atoms. The number of ether oxygens (including phenoxy) is 2. The van der Waals surface area contributed by atoms with Crippen molar-refractivity contribution in [3.63, 3.8) is 0 Å². The summed E-state index contributed by atoms with van der Waals surface area (Å²) in [7, 11) is 1.45. The second-order valence-corrected chi connectivity index (χ2v) is 23.1. The van der Waals surface area contributed by atoms with Crippen LogP contribution in [0.25, 0.3) is 0 Å². The van der Waals surface area contributed by atoms with Gasteiger partial charge in [0, 0.05) is 12.8 Å². The van der Waals surface area contributed by atoms with Gasteiger partial charge in [-0.15, -0.1) is 0 Å². The molecule has 78 heavy (non-hydrogen) atoms. The average Bonchev–Trinajstić information content (AvgIpc) is 3.40. The average molecular weight is 1110 g/mol. The van der Waals surface area contributed by atoms with Crippen molar-refractivity contribution in [2.24, 2.45) is 0 Å². The minimum Gasteiger partial charge on any atom is -0.462 e. The van der Waals surface area contributed by atoms with Crippen molar-refractivity contribution in [2.75, 3.05) is 47.5 Å². The SMILES string of the molecule is CC/C=C\C/C=C\C/C=C\C/C=C\C/C=C\C/C=C\CCCCCCC(=O)OC(COC(=O)CCCCCCCCCCCCCCCCCCCC/C=C\C/C=C\C/C=C\C/C=C\CC)COP(=O)(O)OCC[N+](C)(C)C. The predicted molar refractivity (Wildman–Crippen MR) is 334 cm³/mol. The van der Waals surface area contributed by atoms with Crippen molar-refractivity contribution in [1.82, 2.24) is 0 Å². The zero-order valence-electron chi connectivity index (χ0n) is 50.6. The van der Waals surface area contributed by atoms with Gasteiger partial charge in [0.15, 0.2) is 6.10 Å². The molecule has 0 amide bonds. The van der Waals surface area contributed by atoms with Crippen LogP contribution >= 0.6 is 7.82 Å². The molecule has 2 unspecified atom stereocenters. The molecule has 2 atom stereocenters. The first-order valence-corrected chi connectivity index (χ1v) is 32.8. The standard InChI is InChI=1S/C68H116NO8P/c1-6-8-10-12-14-16-18-20-22-24-26-28-30-31-32-33-34-35-36-37-39-40-42-44-46-48-50-52-54-56-58-60-67(70)74-64-66(65-76-78(72,73)75-63-62-69(3,4)5)77-68(71)61-59-57-55-53-51-49-47-45-43-41-38-29-27-25-23-21-19-17-15-13-11-9-7-2/h8-11,14-17,20-23,26-29,41,43,47,49,66H,6-7,12-13,18-19,24-25,30-40,42,44-46,48,50-65H2,1-5H3/p+1/b10-8-,11-9-,16-14-,17-15-,22-20-,23-21-,28-26-,29-27-,43-41-,49-47-. The number of phosphoric ester groups is 1. The summed E-state index contributed by atoms with van der Waals surface area (Å²) in [4.78, 5) is 35.8. The molecule has 0 aliphatic heterocycles. The van der Waals surface area contributed by atoms with Gasteiger partial charge in [0.2, 0.25) is 0 Å². The summed E-state index contributed by atoms with van der Waals surface area (Å²) in [6, 6.07) is 0. The molecule has 0 rings (SSSR count). The van der Waals surface area contributed by atoms with Crippen LogP contribution in [-0.4, -0.2) is 74.9 Å². The first kappa shape index (κ1) is 74.4. The van der Waals surface area contributed by atoms with E-state index in [9.17, 15) is 19.0 Å². The number of phosphoric acid groups is 1. The Morgan fingerprint density at radius 3 is 1.03 bits per heavy atom. The van der Waals surface area contributed by atoms with E-state index in [-0.39, 0.29) is 32.0 Å². The highest BCUT2D eigenvalue weighted by Crippen LogP contribution is 2.43. The Morgan fingerprint density at radius 2 is 0.692 bits per heavy atom. The van der Waals surface area contributed by atoms with Crippen molar-refractivity contribution < 1.29 is 42.1 Å². The molecule has 0 spiro atoms. The maximum Gasteiger partial charge on any atom is 0.472 e. The highest BCUT2D eigenvalue weighted by molar-refractivity contribution is 7.47. The van der Waals surface area contributed by atoms with Gasteiger partial charge in [-0.05, 0) is 103 Å². The molecule has 0 aromatic rings. The summed E-state index contributed by atoms with van der Waals surface area (Å²) >= 11 is 0. The molecular weight excluding hydrogens is 990 g/mol. The fraction of sp³-hybridized carbons (Fsp3) is 0.676. The third-order valence-corrected chi connectivity index (χ3v) is 14.0. The number of rotatable bonds is 56. The number of carbonyl (C=O) groups excluding carboxylic acids is 2. The quantitative estimate of drug-likeness (QED) is 0.0211. The van der Waals surface area contributed by atoms with Crippen LogP contribution in [0.4, 0.5) is 0 Å². The van der Waals surface area contributed by atoms with Crippen molar-refractivity contribution in [3.05, 3.63) is 122 Å². The smallest absolute Gasteiger partial charge is 0.462 e. The number of quaternary nitrogens is 1. The normalized spacial score (nSPS) is 14.1. The number of hydrogen-bond acceptors (Lipinski definition) is 7. The summed E-state index contributed by atoms with van der Waals surface area (Å²) in [5.74, 6) is -0.828.